The molecule has 40 heavy (non-hydrogen) atoms. The van der Waals surface area contributed by atoms with E-state index in [1.54, 1.807) is 0 Å². The lowest BCUT2D eigenvalue weighted by atomic mass is 9.80. The Labute approximate surface area is 238 Å². The molecule has 0 bridgehead atoms. The van der Waals surface area contributed by atoms with E-state index in [2.05, 4.69) is 140 Å². The third-order valence-corrected chi connectivity index (χ3v) is 8.65. The molecule has 0 amide bonds. The van der Waals surface area contributed by atoms with Crippen molar-refractivity contribution in [1.82, 2.24) is 0 Å². The Morgan fingerprint density at radius 3 is 2.12 bits per heavy atom. The van der Waals surface area contributed by atoms with Gasteiger partial charge in [0.25, 0.3) is 0 Å². The summed E-state index contributed by atoms with van der Waals surface area (Å²) in [5.41, 5.74) is 15.3. The minimum absolute atomic E-state index is 0.319. The molecule has 1 unspecified atom stereocenters. The molecule has 0 saturated heterocycles. The third kappa shape index (κ3) is 4.87. The minimum atomic E-state index is 0.319. The van der Waals surface area contributed by atoms with Gasteiger partial charge in [0.05, 0.1) is 0 Å². The third-order valence-electron chi connectivity index (χ3n) is 8.65. The van der Waals surface area contributed by atoms with Crippen LogP contribution in [0, 0.1) is 0 Å². The number of rotatable bonds is 7. The van der Waals surface area contributed by atoms with Crippen molar-refractivity contribution in [3.8, 4) is 22.3 Å². The first-order valence-electron chi connectivity index (χ1n) is 14.6. The van der Waals surface area contributed by atoms with Gasteiger partial charge in [-0.05, 0) is 93.3 Å². The fourth-order valence-electron chi connectivity index (χ4n) is 6.54. The summed E-state index contributed by atoms with van der Waals surface area (Å²) in [4.78, 5) is 0. The first kappa shape index (κ1) is 24.6. The second-order valence-electron chi connectivity index (χ2n) is 11.1. The zero-order valence-corrected chi connectivity index (χ0v) is 22.9. The van der Waals surface area contributed by atoms with E-state index >= 15 is 0 Å². The smallest absolute Gasteiger partial charge is 0.00988 e. The lowest BCUT2D eigenvalue weighted by Gasteiger charge is -2.23. The summed E-state index contributed by atoms with van der Waals surface area (Å²) < 4.78 is 0. The lowest BCUT2D eigenvalue weighted by Crippen LogP contribution is -2.07. The van der Waals surface area contributed by atoms with E-state index in [0.29, 0.717) is 5.92 Å². The van der Waals surface area contributed by atoms with Gasteiger partial charge in [0, 0.05) is 5.92 Å². The number of benzene rings is 5. The topological polar surface area (TPSA) is 0 Å². The molecule has 0 fully saturated rings. The zero-order valence-electron chi connectivity index (χ0n) is 22.9. The maximum absolute atomic E-state index is 2.49. The van der Waals surface area contributed by atoms with Gasteiger partial charge < -0.3 is 0 Å². The van der Waals surface area contributed by atoms with Crippen LogP contribution < -0.4 is 0 Å². The van der Waals surface area contributed by atoms with Gasteiger partial charge in [0.15, 0.2) is 0 Å². The van der Waals surface area contributed by atoms with Crippen LogP contribution in [0.4, 0.5) is 0 Å². The normalized spacial score (nSPS) is 14.3. The molecule has 0 N–H and O–H groups in total. The first-order chi connectivity index (χ1) is 19.8. The van der Waals surface area contributed by atoms with Crippen LogP contribution in [-0.4, -0.2) is 0 Å². The Morgan fingerprint density at radius 1 is 0.575 bits per heavy atom. The maximum Gasteiger partial charge on any atom is 0.00988 e. The number of hydrogen-bond donors (Lipinski definition) is 0. The van der Waals surface area contributed by atoms with Crippen molar-refractivity contribution in [2.24, 2.45) is 0 Å². The highest BCUT2D eigenvalue weighted by molar-refractivity contribution is 5.79. The highest BCUT2D eigenvalue weighted by Gasteiger charge is 2.23. The van der Waals surface area contributed by atoms with Gasteiger partial charge in [-0.15, -0.1) is 0 Å². The predicted octanol–water partition coefficient (Wildman–Crippen LogP) is 10.4. The van der Waals surface area contributed by atoms with Gasteiger partial charge >= 0.3 is 0 Å². The lowest BCUT2D eigenvalue weighted by molar-refractivity contribution is 0.713. The molecule has 0 spiro atoms. The molecule has 5 aromatic carbocycles. The summed E-state index contributed by atoms with van der Waals surface area (Å²) in [7, 11) is 0. The second kappa shape index (κ2) is 11.0. The van der Waals surface area contributed by atoms with E-state index in [-0.39, 0.29) is 0 Å². The minimum Gasteiger partial charge on any atom is -0.0836 e. The molecular formula is C40H34. The van der Waals surface area contributed by atoms with Crippen molar-refractivity contribution in [2.45, 2.75) is 38.0 Å². The molecule has 1 atom stereocenters. The molecular weight excluding hydrogens is 480 g/mol. The van der Waals surface area contributed by atoms with E-state index < -0.39 is 0 Å². The number of fused-ring (bicyclic) bond motifs is 3. The molecule has 0 radical (unpaired) electrons. The Kier molecular flexibility index (Phi) is 6.76. The van der Waals surface area contributed by atoms with E-state index in [1.807, 2.05) is 0 Å². The molecule has 0 aliphatic heterocycles. The maximum atomic E-state index is 2.49. The van der Waals surface area contributed by atoms with Gasteiger partial charge in [-0.3, -0.25) is 0 Å². The van der Waals surface area contributed by atoms with Gasteiger partial charge in [0.2, 0.25) is 0 Å². The van der Waals surface area contributed by atoms with Crippen LogP contribution in [0.1, 0.15) is 58.6 Å². The molecule has 2 aliphatic rings. The summed E-state index contributed by atoms with van der Waals surface area (Å²) >= 11 is 0. The summed E-state index contributed by atoms with van der Waals surface area (Å²) in [5, 5.41) is 0. The molecule has 0 heterocycles. The van der Waals surface area contributed by atoms with Crippen molar-refractivity contribution in [3.05, 3.63) is 173 Å². The van der Waals surface area contributed by atoms with Crippen LogP contribution in [0.5, 0.6) is 0 Å². The van der Waals surface area contributed by atoms with Crippen molar-refractivity contribution >= 4 is 5.57 Å². The fraction of sp³-hybridized carbons (Fsp3) is 0.150. The highest BCUT2D eigenvalue weighted by Crippen LogP contribution is 2.41. The molecule has 0 nitrogen and oxygen atoms in total. The first-order valence-corrected chi connectivity index (χ1v) is 14.6. The van der Waals surface area contributed by atoms with E-state index in [9.17, 15) is 0 Å². The van der Waals surface area contributed by atoms with Crippen LogP contribution in [0.15, 0.2) is 140 Å². The SMILES string of the molecule is C1=CC(c2ccccc2C(CCc2ccc(-c3ccccc3)cc2)c2ccc3c(c2)-c2ccccc2C3)=CCC1. The molecule has 0 aromatic heterocycles. The van der Waals surface area contributed by atoms with Crippen LogP contribution in [0.25, 0.3) is 27.8 Å². The summed E-state index contributed by atoms with van der Waals surface area (Å²) in [6, 6.07) is 45.1. The summed E-state index contributed by atoms with van der Waals surface area (Å²) in [5.74, 6) is 0.319. The van der Waals surface area contributed by atoms with Crippen molar-refractivity contribution in [2.75, 3.05) is 0 Å². The van der Waals surface area contributed by atoms with Gasteiger partial charge in [-0.1, -0.05) is 140 Å². The average molecular weight is 515 g/mol. The van der Waals surface area contributed by atoms with Gasteiger partial charge in [0.1, 0.15) is 0 Å². The van der Waals surface area contributed by atoms with Gasteiger partial charge in [-0.2, -0.15) is 0 Å². The van der Waals surface area contributed by atoms with E-state index in [4.69, 9.17) is 0 Å². The number of aryl methyl sites for hydroxylation is 1. The largest absolute Gasteiger partial charge is 0.0836 e. The Balaban J connectivity index is 1.25. The monoisotopic (exact) mass is 514 g/mol. The quantitative estimate of drug-likeness (QED) is 0.199. The Morgan fingerprint density at radius 2 is 1.30 bits per heavy atom. The fourth-order valence-corrected chi connectivity index (χ4v) is 6.54. The standard InChI is InChI=1S/C40H34/c1-3-11-30(12-4-1)31-22-19-29(20-23-31)21-26-38(39-18-10-9-16-36(39)32-13-5-2-6-14-32)35-25-24-34-27-33-15-7-8-17-37(33)40(34)28-35/h1,3-5,7-20,22-25,28,38H,2,6,21,26-27H2. The molecule has 0 saturated carbocycles. The van der Waals surface area contributed by atoms with Crippen LogP contribution in [-0.2, 0) is 12.8 Å². The van der Waals surface area contributed by atoms with Crippen molar-refractivity contribution < 1.29 is 0 Å². The number of allylic oxidation sites excluding steroid dienone is 4. The molecule has 7 rings (SSSR count). The van der Waals surface area contributed by atoms with Crippen molar-refractivity contribution in [1.29, 1.82) is 0 Å². The predicted molar refractivity (Wildman–Crippen MR) is 170 cm³/mol. The Bertz CT molecular complexity index is 1700. The Hall–Kier alpha value is -4.42. The number of hydrogen-bond acceptors (Lipinski definition) is 0. The summed E-state index contributed by atoms with van der Waals surface area (Å²) in [6.45, 7) is 0. The second-order valence-corrected chi connectivity index (χ2v) is 11.1. The molecule has 194 valence electrons. The average Bonchev–Trinajstić information content (AvgIpc) is 3.41. The zero-order chi connectivity index (χ0) is 26.7. The summed E-state index contributed by atoms with van der Waals surface area (Å²) in [6.07, 6.45) is 12.5. The van der Waals surface area contributed by atoms with Crippen LogP contribution in [0.2, 0.25) is 0 Å². The molecule has 5 aromatic rings. The van der Waals surface area contributed by atoms with E-state index in [1.165, 1.54) is 61.2 Å². The van der Waals surface area contributed by atoms with Gasteiger partial charge in [-0.25, -0.2) is 0 Å². The highest BCUT2D eigenvalue weighted by atomic mass is 14.3. The van der Waals surface area contributed by atoms with Crippen LogP contribution in [0.3, 0.4) is 0 Å². The van der Waals surface area contributed by atoms with Crippen molar-refractivity contribution in [3.63, 3.8) is 0 Å². The van der Waals surface area contributed by atoms with E-state index in [0.717, 1.165) is 32.1 Å². The van der Waals surface area contributed by atoms with Crippen LogP contribution >= 0.6 is 0 Å². The molecule has 0 heteroatoms. The molecule has 2 aliphatic carbocycles.